The van der Waals surface area contributed by atoms with Gasteiger partial charge in [-0.05, 0) is 47.8 Å². The second-order valence-corrected chi connectivity index (χ2v) is 6.19. The van der Waals surface area contributed by atoms with Gasteiger partial charge in [0.1, 0.15) is 11.2 Å². The molecule has 0 aliphatic heterocycles. The first kappa shape index (κ1) is 16.8. The van der Waals surface area contributed by atoms with Crippen LogP contribution in [0.25, 0.3) is 35.1 Å². The standard InChI is InChI=1S/C23H19N3O/c1-4-10-25-23-15(2)21(13-22(26-23)18-9-12-27-16(18)3)20-7-5-6-17-14-24-11-8-19(17)20/h4-14H,2-3H2,1H3,(H,25,26)/b10-4?,22-18-. The largest absolute Gasteiger partial charge is 0.465 e. The summed E-state index contributed by atoms with van der Waals surface area (Å²) in [5.41, 5.74) is 2.68. The lowest BCUT2D eigenvalue weighted by molar-refractivity contribution is 0.533. The number of benzene rings is 1. The van der Waals surface area contributed by atoms with E-state index in [1.54, 1.807) is 12.5 Å². The van der Waals surface area contributed by atoms with Crippen LogP contribution in [-0.2, 0) is 0 Å². The number of furan rings is 1. The third kappa shape index (κ3) is 3.02. The van der Waals surface area contributed by atoms with E-state index in [1.165, 1.54) is 0 Å². The highest BCUT2D eigenvalue weighted by Gasteiger charge is 2.09. The molecule has 0 saturated carbocycles. The molecule has 4 heteroatoms. The molecule has 0 spiro atoms. The van der Waals surface area contributed by atoms with Crippen LogP contribution in [0.5, 0.6) is 0 Å². The molecule has 1 N–H and O–H groups in total. The van der Waals surface area contributed by atoms with E-state index < -0.39 is 0 Å². The Morgan fingerprint density at radius 3 is 2.78 bits per heavy atom. The lowest BCUT2D eigenvalue weighted by Crippen LogP contribution is -2.13. The molecular formula is C23H19N3O. The van der Waals surface area contributed by atoms with Crippen molar-refractivity contribution in [1.82, 2.24) is 9.97 Å². The molecule has 4 rings (SSSR count). The second-order valence-electron chi connectivity index (χ2n) is 6.19. The van der Waals surface area contributed by atoms with Crippen LogP contribution in [0.4, 0.5) is 5.82 Å². The summed E-state index contributed by atoms with van der Waals surface area (Å²) >= 11 is 0. The third-order valence-corrected chi connectivity index (χ3v) is 4.50. The van der Waals surface area contributed by atoms with Crippen molar-refractivity contribution in [1.29, 1.82) is 0 Å². The van der Waals surface area contributed by atoms with Gasteiger partial charge < -0.3 is 9.73 Å². The van der Waals surface area contributed by atoms with E-state index in [1.807, 2.05) is 49.7 Å². The zero-order valence-corrected chi connectivity index (χ0v) is 15.1. The minimum atomic E-state index is 0.587. The van der Waals surface area contributed by atoms with Gasteiger partial charge in [0.05, 0.1) is 11.6 Å². The Labute approximate surface area is 156 Å². The molecule has 0 aliphatic rings. The summed E-state index contributed by atoms with van der Waals surface area (Å²) in [6.45, 7) is 10.2. The summed E-state index contributed by atoms with van der Waals surface area (Å²) in [7, 11) is 0. The first-order valence-corrected chi connectivity index (χ1v) is 8.66. The van der Waals surface area contributed by atoms with Gasteiger partial charge in [-0.15, -0.1) is 0 Å². The summed E-state index contributed by atoms with van der Waals surface area (Å²) in [5.74, 6) is 0.701. The van der Waals surface area contributed by atoms with Crippen molar-refractivity contribution in [3.05, 3.63) is 88.5 Å². The highest BCUT2D eigenvalue weighted by atomic mass is 16.3. The van der Waals surface area contributed by atoms with Crippen LogP contribution in [0, 0.1) is 10.6 Å². The maximum absolute atomic E-state index is 5.38. The average Bonchev–Trinajstić information content (AvgIpc) is 3.13. The summed E-state index contributed by atoms with van der Waals surface area (Å²) in [6, 6.07) is 12.1. The van der Waals surface area contributed by atoms with Crippen LogP contribution < -0.4 is 16.0 Å². The molecule has 0 amide bonds. The van der Waals surface area contributed by atoms with Crippen molar-refractivity contribution >= 4 is 29.7 Å². The first-order chi connectivity index (χ1) is 13.2. The number of pyridine rings is 2. The van der Waals surface area contributed by atoms with Gasteiger partial charge in [0.25, 0.3) is 0 Å². The molecule has 0 aliphatic carbocycles. The zero-order chi connectivity index (χ0) is 18.8. The Bertz CT molecular complexity index is 1350. The van der Waals surface area contributed by atoms with Crippen LogP contribution in [-0.4, -0.2) is 9.97 Å². The Hall–Kier alpha value is -3.66. The highest BCUT2D eigenvalue weighted by molar-refractivity contribution is 5.96. The molecule has 0 bridgehead atoms. The van der Waals surface area contributed by atoms with Crippen molar-refractivity contribution in [2.24, 2.45) is 0 Å². The number of aromatic nitrogens is 2. The highest BCUT2D eigenvalue weighted by Crippen LogP contribution is 2.26. The number of anilines is 1. The fourth-order valence-corrected chi connectivity index (χ4v) is 3.16. The van der Waals surface area contributed by atoms with Crippen molar-refractivity contribution in [3.8, 4) is 11.1 Å². The number of hydrogen-bond donors (Lipinski definition) is 1. The van der Waals surface area contributed by atoms with Crippen LogP contribution in [0.3, 0.4) is 0 Å². The number of nitrogens with one attached hydrogen (secondary N) is 1. The molecule has 1 aromatic carbocycles. The number of rotatable bonds is 3. The Kier molecular flexibility index (Phi) is 4.30. The lowest BCUT2D eigenvalue weighted by atomic mass is 9.98. The van der Waals surface area contributed by atoms with E-state index in [0.717, 1.165) is 37.7 Å². The zero-order valence-electron chi connectivity index (χ0n) is 15.1. The van der Waals surface area contributed by atoms with Crippen molar-refractivity contribution in [3.63, 3.8) is 0 Å². The molecule has 3 heterocycles. The van der Waals surface area contributed by atoms with E-state index in [2.05, 4.69) is 35.6 Å². The molecule has 0 radical (unpaired) electrons. The van der Waals surface area contributed by atoms with Crippen molar-refractivity contribution < 1.29 is 4.42 Å². The minimum Gasteiger partial charge on any atom is -0.465 e. The van der Waals surface area contributed by atoms with Crippen molar-refractivity contribution in [2.45, 2.75) is 6.92 Å². The van der Waals surface area contributed by atoms with Gasteiger partial charge in [-0.3, -0.25) is 4.98 Å². The smallest absolute Gasteiger partial charge is 0.137 e. The molecule has 132 valence electrons. The molecule has 0 saturated heterocycles. The number of allylic oxidation sites excluding steroid dienone is 1. The maximum atomic E-state index is 5.38. The second kappa shape index (κ2) is 6.92. The van der Waals surface area contributed by atoms with E-state index in [9.17, 15) is 0 Å². The number of fused-ring (bicyclic) bond motifs is 1. The quantitative estimate of drug-likeness (QED) is 0.606. The van der Waals surface area contributed by atoms with Gasteiger partial charge in [-0.25, -0.2) is 4.98 Å². The van der Waals surface area contributed by atoms with Gasteiger partial charge >= 0.3 is 0 Å². The maximum Gasteiger partial charge on any atom is 0.137 e. The molecule has 4 nitrogen and oxygen atoms in total. The first-order valence-electron chi connectivity index (χ1n) is 8.66. The molecular weight excluding hydrogens is 334 g/mol. The summed E-state index contributed by atoms with van der Waals surface area (Å²) in [6.07, 6.45) is 9.06. The molecule has 4 aromatic rings. The predicted octanol–water partition coefficient (Wildman–Crippen LogP) is 3.94. The van der Waals surface area contributed by atoms with Crippen LogP contribution in [0.2, 0.25) is 0 Å². The summed E-state index contributed by atoms with van der Waals surface area (Å²) in [4.78, 5) is 8.97. The predicted molar refractivity (Wildman–Crippen MR) is 110 cm³/mol. The Balaban J connectivity index is 2.14. The monoisotopic (exact) mass is 353 g/mol. The molecule has 3 aromatic heterocycles. The topological polar surface area (TPSA) is 51.0 Å². The van der Waals surface area contributed by atoms with E-state index in [-0.39, 0.29) is 0 Å². The summed E-state index contributed by atoms with van der Waals surface area (Å²) in [5, 5.41) is 7.90. The normalized spacial score (nSPS) is 12.6. The van der Waals surface area contributed by atoms with Crippen LogP contribution in [0.15, 0.2) is 71.7 Å². The number of nitrogens with zero attached hydrogens (tertiary/aromatic N) is 2. The fraction of sp³-hybridized carbons (Fsp3) is 0.0435. The lowest BCUT2D eigenvalue weighted by Gasteiger charge is -2.10. The molecule has 0 unspecified atom stereocenters. The van der Waals surface area contributed by atoms with Gasteiger partial charge in [-0.1, -0.05) is 37.4 Å². The van der Waals surface area contributed by atoms with E-state index >= 15 is 0 Å². The van der Waals surface area contributed by atoms with Crippen molar-refractivity contribution in [2.75, 3.05) is 5.32 Å². The fourth-order valence-electron chi connectivity index (χ4n) is 3.16. The van der Waals surface area contributed by atoms with Gasteiger partial charge in [0.15, 0.2) is 0 Å². The molecule has 27 heavy (non-hydrogen) atoms. The van der Waals surface area contributed by atoms with Crippen LogP contribution >= 0.6 is 0 Å². The average molecular weight is 353 g/mol. The third-order valence-electron chi connectivity index (χ3n) is 4.50. The number of hydrogen-bond acceptors (Lipinski definition) is 4. The minimum absolute atomic E-state index is 0.587. The SMILES string of the molecule is C=c1c(-c2cccc3cnccc23)c/c(=c2\ccoc2=C)nc1NC=CC. The van der Waals surface area contributed by atoms with Gasteiger partial charge in [0.2, 0.25) is 0 Å². The Morgan fingerprint density at radius 1 is 1.11 bits per heavy atom. The molecule has 0 fully saturated rings. The Morgan fingerprint density at radius 2 is 2.00 bits per heavy atom. The summed E-state index contributed by atoms with van der Waals surface area (Å²) < 4.78 is 5.38. The van der Waals surface area contributed by atoms with Gasteiger partial charge in [0, 0.05) is 28.2 Å². The molecule has 0 atom stereocenters. The van der Waals surface area contributed by atoms with Gasteiger partial charge in [-0.2, -0.15) is 0 Å². The van der Waals surface area contributed by atoms with Crippen LogP contribution in [0.1, 0.15) is 6.92 Å². The van der Waals surface area contributed by atoms with E-state index in [4.69, 9.17) is 9.40 Å². The van der Waals surface area contributed by atoms with E-state index in [0.29, 0.717) is 11.2 Å².